The first kappa shape index (κ1) is 16.7. The molecule has 1 aliphatic rings. The van der Waals surface area contributed by atoms with Crippen LogP contribution in [-0.2, 0) is 4.74 Å². The number of aromatic nitrogens is 2. The van der Waals surface area contributed by atoms with Crippen LogP contribution in [0.3, 0.4) is 0 Å². The van der Waals surface area contributed by atoms with Crippen molar-refractivity contribution < 1.29 is 18.3 Å². The van der Waals surface area contributed by atoms with Gasteiger partial charge in [0.1, 0.15) is 11.3 Å². The molecule has 0 aliphatic carbocycles. The van der Waals surface area contributed by atoms with Gasteiger partial charge >= 0.3 is 6.09 Å². The molecule has 0 atom stereocenters. The number of ether oxygens (including phenoxy) is 1. The first-order chi connectivity index (χ1) is 10.3. The first-order valence-corrected chi connectivity index (χ1v) is 7.34. The van der Waals surface area contributed by atoms with Crippen LogP contribution < -0.4 is 10.6 Å². The molecule has 1 aliphatic heterocycles. The Labute approximate surface area is 128 Å². The Morgan fingerprint density at radius 3 is 2.64 bits per heavy atom. The molecule has 0 saturated carbocycles. The Morgan fingerprint density at radius 1 is 1.45 bits per heavy atom. The molecule has 1 saturated heterocycles. The molecular weight excluding hydrogens is 294 g/mol. The van der Waals surface area contributed by atoms with E-state index in [0.717, 1.165) is 25.9 Å². The number of hydrogen-bond acceptors (Lipinski definition) is 4. The van der Waals surface area contributed by atoms with E-state index in [1.807, 2.05) is 0 Å². The number of anilines is 1. The van der Waals surface area contributed by atoms with Crippen molar-refractivity contribution in [3.8, 4) is 0 Å². The Kier molecular flexibility index (Phi) is 5.00. The first-order valence-electron chi connectivity index (χ1n) is 7.34. The fourth-order valence-electron chi connectivity index (χ4n) is 2.44. The second-order valence-electron chi connectivity index (χ2n) is 6.30. The molecule has 124 valence electrons. The number of nitrogens with one attached hydrogen (secondary N) is 2. The fourth-order valence-corrected chi connectivity index (χ4v) is 2.44. The average Bonchev–Trinajstić information content (AvgIpc) is 2.81. The summed E-state index contributed by atoms with van der Waals surface area (Å²) in [5.74, 6) is 0. The van der Waals surface area contributed by atoms with Gasteiger partial charge in [0.25, 0.3) is 6.43 Å². The number of nitrogens with zero attached hydrogens (tertiary/aromatic N) is 2. The van der Waals surface area contributed by atoms with E-state index in [4.69, 9.17) is 4.74 Å². The number of carbonyl (C=O) groups excluding carboxylic acids is 1. The van der Waals surface area contributed by atoms with Gasteiger partial charge in [-0.15, -0.1) is 0 Å². The van der Waals surface area contributed by atoms with Crippen molar-refractivity contribution in [3.05, 3.63) is 11.9 Å². The highest BCUT2D eigenvalue weighted by atomic mass is 19.3. The quantitative estimate of drug-likeness (QED) is 0.899. The molecule has 1 amide bonds. The minimum atomic E-state index is -2.72. The number of piperidine rings is 1. The summed E-state index contributed by atoms with van der Waals surface area (Å²) in [5.41, 5.74) is -0.958. The highest BCUT2D eigenvalue weighted by molar-refractivity contribution is 5.85. The molecule has 1 aromatic heterocycles. The van der Waals surface area contributed by atoms with Crippen LogP contribution in [0.15, 0.2) is 6.20 Å². The summed E-state index contributed by atoms with van der Waals surface area (Å²) in [6.07, 6.45) is -0.768. The lowest BCUT2D eigenvalue weighted by atomic mass is 10.1. The molecule has 8 heteroatoms. The van der Waals surface area contributed by atoms with Gasteiger partial charge in [-0.3, -0.25) is 10.00 Å². The van der Waals surface area contributed by atoms with Crippen molar-refractivity contribution >= 4 is 11.8 Å². The van der Waals surface area contributed by atoms with Crippen LogP contribution in [0.1, 0.15) is 51.8 Å². The summed E-state index contributed by atoms with van der Waals surface area (Å²) in [7, 11) is 0. The van der Waals surface area contributed by atoms with Crippen molar-refractivity contribution in [2.75, 3.05) is 18.4 Å². The van der Waals surface area contributed by atoms with Gasteiger partial charge in [0.05, 0.1) is 17.9 Å². The average molecular weight is 316 g/mol. The smallest absolute Gasteiger partial charge is 0.412 e. The third-order valence-electron chi connectivity index (χ3n) is 3.33. The van der Waals surface area contributed by atoms with Crippen LogP contribution in [0.4, 0.5) is 19.3 Å². The minimum absolute atomic E-state index is 0.00258. The SMILES string of the molecule is CC(C)(C)OC(=O)Nc1cnn(C2CCNCC2)c1C(F)F. The van der Waals surface area contributed by atoms with Gasteiger partial charge < -0.3 is 10.1 Å². The molecule has 2 N–H and O–H groups in total. The third kappa shape index (κ3) is 4.16. The second kappa shape index (κ2) is 6.60. The highest BCUT2D eigenvalue weighted by Crippen LogP contribution is 2.32. The van der Waals surface area contributed by atoms with Gasteiger partial charge in [-0.2, -0.15) is 5.10 Å². The summed E-state index contributed by atoms with van der Waals surface area (Å²) in [4.78, 5) is 11.8. The minimum Gasteiger partial charge on any atom is -0.444 e. The van der Waals surface area contributed by atoms with Crippen LogP contribution in [0.25, 0.3) is 0 Å². The van der Waals surface area contributed by atoms with Gasteiger partial charge in [0, 0.05) is 0 Å². The largest absolute Gasteiger partial charge is 0.444 e. The molecule has 6 nitrogen and oxygen atoms in total. The van der Waals surface area contributed by atoms with Crippen molar-refractivity contribution in [1.82, 2.24) is 15.1 Å². The summed E-state index contributed by atoms with van der Waals surface area (Å²) < 4.78 is 33.2. The van der Waals surface area contributed by atoms with E-state index in [9.17, 15) is 13.6 Å². The van der Waals surface area contributed by atoms with Gasteiger partial charge in [-0.05, 0) is 46.7 Å². The van der Waals surface area contributed by atoms with E-state index in [-0.39, 0.29) is 17.4 Å². The number of halogens is 2. The van der Waals surface area contributed by atoms with E-state index >= 15 is 0 Å². The van der Waals surface area contributed by atoms with Crippen LogP contribution >= 0.6 is 0 Å². The molecule has 0 unspecified atom stereocenters. The lowest BCUT2D eigenvalue weighted by Gasteiger charge is -2.25. The summed E-state index contributed by atoms with van der Waals surface area (Å²) in [6.45, 7) is 6.65. The van der Waals surface area contributed by atoms with Gasteiger partial charge in [-0.1, -0.05) is 0 Å². The van der Waals surface area contributed by atoms with E-state index in [1.54, 1.807) is 20.8 Å². The van der Waals surface area contributed by atoms with Crippen LogP contribution in [0.2, 0.25) is 0 Å². The standard InChI is InChI=1S/C14H22F2N4O2/c1-14(2,3)22-13(21)19-10-8-18-20(11(10)12(15)16)9-4-6-17-7-5-9/h8-9,12,17H,4-7H2,1-3H3,(H,19,21). The monoisotopic (exact) mass is 316 g/mol. The Hall–Kier alpha value is -1.70. The second-order valence-corrected chi connectivity index (χ2v) is 6.30. The maximum Gasteiger partial charge on any atom is 0.412 e. The number of hydrogen-bond donors (Lipinski definition) is 2. The number of alkyl halides is 2. The third-order valence-corrected chi connectivity index (χ3v) is 3.33. The van der Waals surface area contributed by atoms with Crippen LogP contribution in [0.5, 0.6) is 0 Å². The number of carbonyl (C=O) groups is 1. The fraction of sp³-hybridized carbons (Fsp3) is 0.714. The van der Waals surface area contributed by atoms with Crippen molar-refractivity contribution in [2.24, 2.45) is 0 Å². The molecular formula is C14H22F2N4O2. The molecule has 0 radical (unpaired) electrons. The summed E-state index contributed by atoms with van der Waals surface area (Å²) in [5, 5.41) is 9.60. The van der Waals surface area contributed by atoms with Crippen molar-refractivity contribution in [2.45, 2.75) is 51.7 Å². The molecule has 2 rings (SSSR count). The highest BCUT2D eigenvalue weighted by Gasteiger charge is 2.27. The van der Waals surface area contributed by atoms with Crippen molar-refractivity contribution in [1.29, 1.82) is 0 Å². The number of rotatable bonds is 3. The molecule has 2 heterocycles. The van der Waals surface area contributed by atoms with Crippen LogP contribution in [0, 0.1) is 0 Å². The summed E-state index contributed by atoms with van der Waals surface area (Å²) in [6, 6.07) is -0.0839. The van der Waals surface area contributed by atoms with E-state index in [1.165, 1.54) is 10.9 Å². The Bertz CT molecular complexity index is 519. The van der Waals surface area contributed by atoms with Gasteiger partial charge in [-0.25, -0.2) is 13.6 Å². The zero-order valence-electron chi connectivity index (χ0n) is 13.0. The van der Waals surface area contributed by atoms with E-state index < -0.39 is 18.1 Å². The van der Waals surface area contributed by atoms with E-state index in [2.05, 4.69) is 15.7 Å². The maximum atomic E-state index is 13.4. The molecule has 0 spiro atoms. The zero-order valence-corrected chi connectivity index (χ0v) is 13.0. The van der Waals surface area contributed by atoms with Gasteiger partial charge in [0.15, 0.2) is 0 Å². The van der Waals surface area contributed by atoms with Crippen LogP contribution in [-0.4, -0.2) is 34.6 Å². The normalized spacial score (nSPS) is 16.8. The molecule has 1 aromatic rings. The molecule has 1 fully saturated rings. The summed E-state index contributed by atoms with van der Waals surface area (Å²) >= 11 is 0. The lowest BCUT2D eigenvalue weighted by molar-refractivity contribution is 0.0635. The lowest BCUT2D eigenvalue weighted by Crippen LogP contribution is -2.31. The molecule has 0 aromatic carbocycles. The van der Waals surface area contributed by atoms with E-state index in [0.29, 0.717) is 0 Å². The predicted molar refractivity (Wildman–Crippen MR) is 78.2 cm³/mol. The van der Waals surface area contributed by atoms with Gasteiger partial charge in [0.2, 0.25) is 0 Å². The zero-order chi connectivity index (χ0) is 16.3. The van der Waals surface area contributed by atoms with Crippen molar-refractivity contribution in [3.63, 3.8) is 0 Å². The Morgan fingerprint density at radius 2 is 2.09 bits per heavy atom. The Balaban J connectivity index is 2.17. The topological polar surface area (TPSA) is 68.2 Å². The molecule has 22 heavy (non-hydrogen) atoms. The molecule has 0 bridgehead atoms. The number of amides is 1. The maximum absolute atomic E-state index is 13.4. The predicted octanol–water partition coefficient (Wildman–Crippen LogP) is 3.09.